The van der Waals surface area contributed by atoms with E-state index in [-0.39, 0.29) is 12.4 Å². The highest BCUT2D eigenvalue weighted by molar-refractivity contribution is 5.91. The highest BCUT2D eigenvalue weighted by Gasteiger charge is 2.13. The first kappa shape index (κ1) is 26.3. The Balaban J connectivity index is 1.48. The quantitative estimate of drug-likeness (QED) is 0.127. The van der Waals surface area contributed by atoms with Gasteiger partial charge in [0.05, 0.1) is 25.5 Å². The summed E-state index contributed by atoms with van der Waals surface area (Å²) in [7, 11) is 1.47. The zero-order valence-electron chi connectivity index (χ0n) is 20.7. The van der Waals surface area contributed by atoms with Crippen molar-refractivity contribution in [3.05, 3.63) is 83.4 Å². The number of carbonyl (C=O) groups excluding carboxylic acids is 2. The molecule has 0 atom stereocenters. The summed E-state index contributed by atoms with van der Waals surface area (Å²) in [5, 5.41) is 3.94. The zero-order chi connectivity index (χ0) is 25.8. The molecule has 0 spiro atoms. The molecule has 0 aromatic heterocycles. The molecular weight excluding hydrogens is 460 g/mol. The Morgan fingerprint density at radius 1 is 0.917 bits per heavy atom. The normalized spacial score (nSPS) is 10.6. The number of aryl methyl sites for hydroxylation is 1. The van der Waals surface area contributed by atoms with Gasteiger partial charge in [-0.05, 0) is 73.5 Å². The Morgan fingerprint density at radius 3 is 2.28 bits per heavy atom. The minimum atomic E-state index is -0.486. The van der Waals surface area contributed by atoms with Crippen molar-refractivity contribution in [2.24, 2.45) is 5.10 Å². The van der Waals surface area contributed by atoms with Crippen LogP contribution in [0.2, 0.25) is 0 Å². The summed E-state index contributed by atoms with van der Waals surface area (Å²) in [6.45, 7) is 4.53. The van der Waals surface area contributed by atoms with E-state index < -0.39 is 11.9 Å². The number of benzene rings is 3. The topological polar surface area (TPSA) is 95.5 Å². The van der Waals surface area contributed by atoms with Gasteiger partial charge < -0.3 is 18.9 Å². The monoisotopic (exact) mass is 490 g/mol. The molecule has 0 saturated carbocycles. The molecule has 0 aliphatic carbocycles. The number of hydrogen-bond acceptors (Lipinski definition) is 7. The molecule has 188 valence electrons. The van der Waals surface area contributed by atoms with Gasteiger partial charge in [-0.25, -0.2) is 10.2 Å². The highest BCUT2D eigenvalue weighted by Crippen LogP contribution is 2.28. The summed E-state index contributed by atoms with van der Waals surface area (Å²) in [5.74, 6) is 1.05. The van der Waals surface area contributed by atoms with Gasteiger partial charge in [0.2, 0.25) is 0 Å². The van der Waals surface area contributed by atoms with Crippen LogP contribution in [0.1, 0.15) is 41.3 Å². The van der Waals surface area contributed by atoms with E-state index in [1.54, 1.807) is 54.6 Å². The SMILES string of the molecule is CCCCOc1ccc(OCC(=O)N/N=C/c2ccc(OC(=O)c3ccc(C)cc3)c(OC)c2)cc1. The number of rotatable bonds is 12. The molecule has 1 N–H and O–H groups in total. The van der Waals surface area contributed by atoms with E-state index in [4.69, 9.17) is 18.9 Å². The van der Waals surface area contributed by atoms with Gasteiger partial charge in [0.25, 0.3) is 5.91 Å². The van der Waals surface area contributed by atoms with Gasteiger partial charge >= 0.3 is 5.97 Å². The molecule has 0 unspecified atom stereocenters. The molecule has 8 heteroatoms. The lowest BCUT2D eigenvalue weighted by Gasteiger charge is -2.10. The summed E-state index contributed by atoms with van der Waals surface area (Å²) >= 11 is 0. The Bertz CT molecular complexity index is 1170. The number of ether oxygens (including phenoxy) is 4. The van der Waals surface area contributed by atoms with Crippen LogP contribution >= 0.6 is 0 Å². The molecule has 1 amide bonds. The summed E-state index contributed by atoms with van der Waals surface area (Å²) < 4.78 is 21.9. The molecule has 0 radical (unpaired) electrons. The van der Waals surface area contributed by atoms with Crippen molar-refractivity contribution in [3.8, 4) is 23.0 Å². The molecule has 8 nitrogen and oxygen atoms in total. The number of methoxy groups -OCH3 is 1. The Labute approximate surface area is 210 Å². The van der Waals surface area contributed by atoms with E-state index in [9.17, 15) is 9.59 Å². The molecule has 0 aliphatic heterocycles. The third kappa shape index (κ3) is 8.16. The van der Waals surface area contributed by atoms with Crippen molar-refractivity contribution in [2.45, 2.75) is 26.7 Å². The Morgan fingerprint density at radius 2 is 1.61 bits per heavy atom. The predicted molar refractivity (Wildman–Crippen MR) is 137 cm³/mol. The molecule has 3 aromatic rings. The van der Waals surface area contributed by atoms with Crippen molar-refractivity contribution in [3.63, 3.8) is 0 Å². The number of amides is 1. The molecule has 0 saturated heterocycles. The van der Waals surface area contributed by atoms with Gasteiger partial charge in [0.15, 0.2) is 18.1 Å². The predicted octanol–water partition coefficient (Wildman–Crippen LogP) is 4.93. The minimum absolute atomic E-state index is 0.190. The van der Waals surface area contributed by atoms with E-state index in [2.05, 4.69) is 17.5 Å². The maximum absolute atomic E-state index is 12.4. The van der Waals surface area contributed by atoms with Crippen LogP contribution in [0, 0.1) is 6.92 Å². The summed E-state index contributed by atoms with van der Waals surface area (Å²) in [4.78, 5) is 24.4. The third-order valence-electron chi connectivity index (χ3n) is 5.04. The van der Waals surface area contributed by atoms with Crippen LogP contribution in [0.3, 0.4) is 0 Å². The number of hydrogen-bond donors (Lipinski definition) is 1. The summed E-state index contributed by atoms with van der Waals surface area (Å²) in [6.07, 6.45) is 3.52. The smallest absolute Gasteiger partial charge is 0.343 e. The fraction of sp³-hybridized carbons (Fsp3) is 0.250. The number of nitrogens with one attached hydrogen (secondary N) is 1. The fourth-order valence-electron chi connectivity index (χ4n) is 3.02. The highest BCUT2D eigenvalue weighted by atomic mass is 16.6. The molecule has 36 heavy (non-hydrogen) atoms. The molecule has 3 aromatic carbocycles. The molecule has 0 bridgehead atoms. The first-order valence-electron chi connectivity index (χ1n) is 11.6. The van der Waals surface area contributed by atoms with Gasteiger partial charge in [-0.1, -0.05) is 31.0 Å². The first-order valence-corrected chi connectivity index (χ1v) is 11.6. The van der Waals surface area contributed by atoms with Crippen molar-refractivity contribution >= 4 is 18.1 Å². The minimum Gasteiger partial charge on any atom is -0.494 e. The van der Waals surface area contributed by atoms with E-state index in [0.29, 0.717) is 29.2 Å². The van der Waals surface area contributed by atoms with Crippen LogP contribution in [0.4, 0.5) is 0 Å². The van der Waals surface area contributed by atoms with Crippen LogP contribution in [-0.2, 0) is 4.79 Å². The van der Waals surface area contributed by atoms with Crippen LogP contribution in [0.15, 0.2) is 71.8 Å². The van der Waals surface area contributed by atoms with Crippen molar-refractivity contribution in [1.29, 1.82) is 0 Å². The van der Waals surface area contributed by atoms with Gasteiger partial charge in [-0.3, -0.25) is 4.79 Å². The summed E-state index contributed by atoms with van der Waals surface area (Å²) in [5.41, 5.74) is 4.54. The van der Waals surface area contributed by atoms with Crippen molar-refractivity contribution < 1.29 is 28.5 Å². The average molecular weight is 491 g/mol. The Kier molecular flexibility index (Phi) is 9.88. The molecule has 0 heterocycles. The fourth-order valence-corrected chi connectivity index (χ4v) is 3.02. The lowest BCUT2D eigenvalue weighted by molar-refractivity contribution is -0.123. The average Bonchev–Trinajstić information content (AvgIpc) is 2.89. The second-order valence-electron chi connectivity index (χ2n) is 7.92. The lowest BCUT2D eigenvalue weighted by Crippen LogP contribution is -2.24. The van der Waals surface area contributed by atoms with Crippen LogP contribution in [-0.4, -0.2) is 38.4 Å². The second-order valence-corrected chi connectivity index (χ2v) is 7.92. The third-order valence-corrected chi connectivity index (χ3v) is 5.04. The van der Waals surface area contributed by atoms with Crippen LogP contribution < -0.4 is 24.4 Å². The van der Waals surface area contributed by atoms with E-state index >= 15 is 0 Å². The van der Waals surface area contributed by atoms with Gasteiger partial charge in [-0.2, -0.15) is 5.10 Å². The van der Waals surface area contributed by atoms with E-state index in [0.717, 1.165) is 24.2 Å². The Hall–Kier alpha value is -4.33. The number of nitrogens with zero attached hydrogens (tertiary/aromatic N) is 1. The van der Waals surface area contributed by atoms with Gasteiger partial charge in [0, 0.05) is 0 Å². The number of carbonyl (C=O) groups is 2. The van der Waals surface area contributed by atoms with Crippen molar-refractivity contribution in [1.82, 2.24) is 5.43 Å². The number of hydrazone groups is 1. The largest absolute Gasteiger partial charge is 0.494 e. The zero-order valence-corrected chi connectivity index (χ0v) is 20.7. The van der Waals surface area contributed by atoms with E-state index in [1.807, 2.05) is 19.1 Å². The maximum atomic E-state index is 12.4. The van der Waals surface area contributed by atoms with Crippen molar-refractivity contribution in [2.75, 3.05) is 20.3 Å². The first-order chi connectivity index (χ1) is 17.5. The number of esters is 1. The number of unbranched alkanes of at least 4 members (excludes halogenated alkanes) is 1. The standard InChI is InChI=1S/C28H30N2O6/c1-4-5-16-34-23-11-13-24(14-12-23)35-19-27(31)30-29-18-21-8-15-25(26(17-21)33-3)36-28(32)22-9-6-20(2)7-10-22/h6-15,17-18H,4-5,16,19H2,1-3H3,(H,30,31)/b29-18+. The van der Waals surface area contributed by atoms with Gasteiger partial charge in [0.1, 0.15) is 11.5 Å². The van der Waals surface area contributed by atoms with Crippen LogP contribution in [0.5, 0.6) is 23.0 Å². The maximum Gasteiger partial charge on any atom is 0.343 e. The van der Waals surface area contributed by atoms with Crippen LogP contribution in [0.25, 0.3) is 0 Å². The van der Waals surface area contributed by atoms with E-state index in [1.165, 1.54) is 13.3 Å². The molecule has 0 aliphatic rings. The summed E-state index contributed by atoms with van der Waals surface area (Å²) in [6, 6.07) is 19.1. The molecular formula is C28H30N2O6. The molecule has 0 fully saturated rings. The molecule has 3 rings (SSSR count). The lowest BCUT2D eigenvalue weighted by atomic mass is 10.1. The second kappa shape index (κ2) is 13.5. The van der Waals surface area contributed by atoms with Gasteiger partial charge in [-0.15, -0.1) is 0 Å².